The van der Waals surface area contributed by atoms with Crippen molar-refractivity contribution in [2.45, 2.75) is 6.92 Å². The molecule has 0 aliphatic rings. The Hall–Kier alpha value is -1.27. The van der Waals surface area contributed by atoms with Crippen LogP contribution in [0, 0.1) is 0 Å². The maximum atomic E-state index is 11.3. The first-order valence-corrected chi connectivity index (χ1v) is 7.14. The Labute approximate surface area is 105 Å². The average Bonchev–Trinajstić information content (AvgIpc) is 2.26. The lowest BCUT2D eigenvalue weighted by Crippen LogP contribution is -2.35. The van der Waals surface area contributed by atoms with E-state index in [1.165, 1.54) is 6.92 Å². The van der Waals surface area contributed by atoms with Crippen LogP contribution in [0.25, 0.3) is 0 Å². The standard InChI is InChI=1S/C10H13ClN2O3S/c1-2-17(15,16)7-10(14)13-12-9-5-3-4-8(11)6-9/h3-6,12H,2,7H2,1H3,(H,13,14). The molecule has 1 rings (SSSR count). The van der Waals surface area contributed by atoms with Crippen molar-refractivity contribution in [2.75, 3.05) is 16.9 Å². The van der Waals surface area contributed by atoms with Crippen LogP contribution in [0.4, 0.5) is 5.69 Å². The second kappa shape index (κ2) is 5.88. The van der Waals surface area contributed by atoms with Crippen molar-refractivity contribution in [2.24, 2.45) is 0 Å². The van der Waals surface area contributed by atoms with E-state index in [1.54, 1.807) is 24.3 Å². The lowest BCUT2D eigenvalue weighted by molar-refractivity contribution is -0.118. The normalized spacial score (nSPS) is 10.9. The highest BCUT2D eigenvalue weighted by Crippen LogP contribution is 2.13. The van der Waals surface area contributed by atoms with E-state index in [-0.39, 0.29) is 5.75 Å². The maximum Gasteiger partial charge on any atom is 0.253 e. The molecule has 0 aliphatic carbocycles. The molecule has 0 heterocycles. The zero-order chi connectivity index (χ0) is 12.9. The van der Waals surface area contributed by atoms with Crippen molar-refractivity contribution < 1.29 is 13.2 Å². The largest absolute Gasteiger partial charge is 0.299 e. The van der Waals surface area contributed by atoms with Gasteiger partial charge in [0.05, 0.1) is 5.69 Å². The van der Waals surface area contributed by atoms with Gasteiger partial charge in [0.1, 0.15) is 5.75 Å². The summed E-state index contributed by atoms with van der Waals surface area (Å²) in [5, 5.41) is 0.519. The molecule has 2 N–H and O–H groups in total. The van der Waals surface area contributed by atoms with Crippen molar-refractivity contribution in [1.29, 1.82) is 0 Å². The van der Waals surface area contributed by atoms with E-state index in [1.807, 2.05) is 0 Å². The molecule has 0 saturated carbocycles. The molecule has 0 atom stereocenters. The minimum atomic E-state index is -3.31. The van der Waals surface area contributed by atoms with Crippen molar-refractivity contribution in [3.05, 3.63) is 29.3 Å². The molecule has 0 saturated heterocycles. The maximum absolute atomic E-state index is 11.3. The number of benzene rings is 1. The zero-order valence-corrected chi connectivity index (χ0v) is 10.8. The van der Waals surface area contributed by atoms with E-state index in [0.717, 1.165) is 0 Å². The third-order valence-corrected chi connectivity index (χ3v) is 3.78. The molecule has 0 spiro atoms. The third kappa shape index (κ3) is 5.06. The van der Waals surface area contributed by atoms with Gasteiger partial charge >= 0.3 is 0 Å². The highest BCUT2D eigenvalue weighted by atomic mass is 35.5. The summed E-state index contributed by atoms with van der Waals surface area (Å²) >= 11 is 5.74. The number of nitrogens with one attached hydrogen (secondary N) is 2. The first kappa shape index (κ1) is 13.8. The second-order valence-corrected chi connectivity index (χ2v) is 6.15. The number of carbonyl (C=O) groups is 1. The van der Waals surface area contributed by atoms with Crippen LogP contribution >= 0.6 is 11.6 Å². The second-order valence-electron chi connectivity index (χ2n) is 3.36. The van der Waals surface area contributed by atoms with Gasteiger partial charge in [0.25, 0.3) is 5.91 Å². The summed E-state index contributed by atoms with van der Waals surface area (Å²) in [6.45, 7) is 1.49. The highest BCUT2D eigenvalue weighted by molar-refractivity contribution is 7.92. The first-order valence-electron chi connectivity index (χ1n) is 4.94. The van der Waals surface area contributed by atoms with Crippen LogP contribution in [-0.2, 0) is 14.6 Å². The molecule has 0 unspecified atom stereocenters. The van der Waals surface area contributed by atoms with Crippen LogP contribution in [0.3, 0.4) is 0 Å². The van der Waals surface area contributed by atoms with Gasteiger partial charge < -0.3 is 0 Å². The molecule has 0 aromatic heterocycles. The number of halogens is 1. The fraction of sp³-hybridized carbons (Fsp3) is 0.300. The molecule has 1 aromatic rings. The van der Waals surface area contributed by atoms with Crippen molar-refractivity contribution in [1.82, 2.24) is 5.43 Å². The topological polar surface area (TPSA) is 75.3 Å². The molecule has 94 valence electrons. The van der Waals surface area contributed by atoms with Crippen molar-refractivity contribution >= 4 is 33.0 Å². The molecule has 17 heavy (non-hydrogen) atoms. The summed E-state index contributed by atoms with van der Waals surface area (Å²) < 4.78 is 22.3. The molecule has 0 aliphatic heterocycles. The van der Waals surface area contributed by atoms with Crippen LogP contribution in [-0.4, -0.2) is 25.8 Å². The summed E-state index contributed by atoms with van der Waals surface area (Å²) in [4.78, 5) is 11.3. The van der Waals surface area contributed by atoms with E-state index in [2.05, 4.69) is 10.9 Å². The van der Waals surface area contributed by atoms with Crippen LogP contribution in [0.15, 0.2) is 24.3 Å². The molecule has 5 nitrogen and oxygen atoms in total. The average molecular weight is 277 g/mol. The minimum absolute atomic E-state index is 0.0580. The van der Waals surface area contributed by atoms with Gasteiger partial charge in [0.2, 0.25) is 0 Å². The van der Waals surface area contributed by atoms with Crippen LogP contribution < -0.4 is 10.9 Å². The Morgan fingerprint density at radius 3 is 2.71 bits per heavy atom. The van der Waals surface area contributed by atoms with E-state index >= 15 is 0 Å². The van der Waals surface area contributed by atoms with Crippen LogP contribution in [0.5, 0.6) is 0 Å². The highest BCUT2D eigenvalue weighted by Gasteiger charge is 2.13. The quantitative estimate of drug-likeness (QED) is 0.793. The van der Waals surface area contributed by atoms with Gasteiger partial charge in [-0.25, -0.2) is 8.42 Å². The number of carbonyl (C=O) groups excluding carboxylic acids is 1. The summed E-state index contributed by atoms with van der Waals surface area (Å²) in [5.74, 6) is -1.19. The molecular formula is C10H13ClN2O3S. The Morgan fingerprint density at radius 2 is 2.12 bits per heavy atom. The summed E-state index contributed by atoms with van der Waals surface area (Å²) in [6, 6.07) is 6.70. The van der Waals surface area contributed by atoms with Gasteiger partial charge in [0, 0.05) is 10.8 Å². The summed E-state index contributed by atoms with van der Waals surface area (Å²) in [5.41, 5.74) is 5.46. The van der Waals surface area contributed by atoms with E-state index in [4.69, 9.17) is 11.6 Å². The van der Waals surface area contributed by atoms with E-state index < -0.39 is 21.5 Å². The Morgan fingerprint density at radius 1 is 1.41 bits per heavy atom. The number of hydrogen-bond acceptors (Lipinski definition) is 4. The molecule has 7 heteroatoms. The van der Waals surface area contributed by atoms with Gasteiger partial charge in [-0.3, -0.25) is 15.6 Å². The van der Waals surface area contributed by atoms with Crippen LogP contribution in [0.2, 0.25) is 5.02 Å². The van der Waals surface area contributed by atoms with Gasteiger partial charge in [-0.15, -0.1) is 0 Å². The fourth-order valence-electron chi connectivity index (χ4n) is 1.05. The Bertz CT molecular complexity index is 502. The van der Waals surface area contributed by atoms with Gasteiger partial charge in [-0.05, 0) is 18.2 Å². The fourth-order valence-corrected chi connectivity index (χ4v) is 1.91. The molecule has 1 aromatic carbocycles. The molecule has 0 bridgehead atoms. The molecule has 0 fully saturated rings. The first-order chi connectivity index (χ1) is 7.93. The van der Waals surface area contributed by atoms with Crippen LogP contribution in [0.1, 0.15) is 6.92 Å². The smallest absolute Gasteiger partial charge is 0.253 e. The molecule has 1 amide bonds. The van der Waals surface area contributed by atoms with Crippen molar-refractivity contribution in [3.63, 3.8) is 0 Å². The number of hydrazine groups is 1. The monoisotopic (exact) mass is 276 g/mol. The number of rotatable bonds is 5. The lowest BCUT2D eigenvalue weighted by Gasteiger charge is -2.08. The van der Waals surface area contributed by atoms with E-state index in [9.17, 15) is 13.2 Å². The molecular weight excluding hydrogens is 264 g/mol. The predicted octanol–water partition coefficient (Wildman–Crippen LogP) is 1.22. The summed E-state index contributed by atoms with van der Waals surface area (Å²) in [6.07, 6.45) is 0. The predicted molar refractivity (Wildman–Crippen MR) is 67.5 cm³/mol. The number of amides is 1. The third-order valence-electron chi connectivity index (χ3n) is 1.96. The Balaban J connectivity index is 2.49. The lowest BCUT2D eigenvalue weighted by atomic mass is 10.3. The number of anilines is 1. The number of sulfone groups is 1. The van der Waals surface area contributed by atoms with Gasteiger partial charge in [-0.2, -0.15) is 0 Å². The van der Waals surface area contributed by atoms with Gasteiger partial charge in [0.15, 0.2) is 9.84 Å². The SMILES string of the molecule is CCS(=O)(=O)CC(=O)NNc1cccc(Cl)c1. The van der Waals surface area contributed by atoms with Gasteiger partial charge in [-0.1, -0.05) is 24.6 Å². The Kier molecular flexibility index (Phi) is 4.77. The minimum Gasteiger partial charge on any atom is -0.299 e. The molecule has 0 radical (unpaired) electrons. The number of hydrogen-bond donors (Lipinski definition) is 2. The zero-order valence-electron chi connectivity index (χ0n) is 9.23. The van der Waals surface area contributed by atoms with E-state index in [0.29, 0.717) is 10.7 Å². The van der Waals surface area contributed by atoms with Crippen molar-refractivity contribution in [3.8, 4) is 0 Å². The summed E-state index contributed by atoms with van der Waals surface area (Å²) in [7, 11) is -3.31.